The highest BCUT2D eigenvalue weighted by molar-refractivity contribution is 6.02. The zero-order valence-corrected chi connectivity index (χ0v) is 11.8. The van der Waals surface area contributed by atoms with Crippen LogP contribution < -0.4 is 15.5 Å². The molecule has 1 aromatic heterocycles. The first-order valence-corrected chi connectivity index (χ1v) is 6.87. The zero-order valence-electron chi connectivity index (χ0n) is 11.8. The van der Waals surface area contributed by atoms with Crippen molar-refractivity contribution in [1.82, 2.24) is 15.6 Å². The maximum absolute atomic E-state index is 11.3. The van der Waals surface area contributed by atoms with Crippen LogP contribution >= 0.6 is 0 Å². The number of amides is 2. The number of hydrogen-bond acceptors (Lipinski definition) is 5. The fraction of sp³-hybridized carbons (Fsp3) is 0.500. The second-order valence-corrected chi connectivity index (χ2v) is 4.95. The van der Waals surface area contributed by atoms with Crippen LogP contribution in [0.4, 0.5) is 5.82 Å². The lowest BCUT2D eigenvalue weighted by molar-refractivity contribution is -0.130. The van der Waals surface area contributed by atoms with Crippen LogP contribution in [0.5, 0.6) is 0 Å². The smallest absolute Gasteiger partial charge is 0.246 e. The standard InChI is InChI=1S/C14H20N4O2/c1-3-6-15-10(2)11-4-5-12(16-7-11)18-8-13(19)17-14(20)9-18/h4-5,7,10,15H,3,6,8-9H2,1-2H3,(H,17,19,20). The molecule has 2 heterocycles. The number of pyridine rings is 1. The minimum absolute atomic E-state index is 0.168. The van der Waals surface area contributed by atoms with E-state index in [1.54, 1.807) is 11.1 Å². The highest BCUT2D eigenvalue weighted by Crippen LogP contribution is 2.16. The average Bonchev–Trinajstić information content (AvgIpc) is 2.44. The van der Waals surface area contributed by atoms with Gasteiger partial charge < -0.3 is 10.2 Å². The Kier molecular flexibility index (Phi) is 4.68. The topological polar surface area (TPSA) is 74.3 Å². The maximum Gasteiger partial charge on any atom is 0.246 e. The molecule has 0 aliphatic carbocycles. The summed E-state index contributed by atoms with van der Waals surface area (Å²) < 4.78 is 0. The van der Waals surface area contributed by atoms with E-state index in [0.717, 1.165) is 18.5 Å². The molecule has 0 saturated carbocycles. The molecule has 0 spiro atoms. The number of piperazine rings is 1. The van der Waals surface area contributed by atoms with E-state index in [0.29, 0.717) is 5.82 Å². The van der Waals surface area contributed by atoms with Crippen molar-refractivity contribution >= 4 is 17.6 Å². The largest absolute Gasteiger partial charge is 0.338 e. The fourth-order valence-corrected chi connectivity index (χ4v) is 2.12. The monoisotopic (exact) mass is 276 g/mol. The highest BCUT2D eigenvalue weighted by Gasteiger charge is 2.23. The number of carbonyl (C=O) groups excluding carboxylic acids is 2. The lowest BCUT2D eigenvalue weighted by Gasteiger charge is -2.26. The number of aromatic nitrogens is 1. The Morgan fingerprint density at radius 1 is 1.35 bits per heavy atom. The Morgan fingerprint density at radius 2 is 2.05 bits per heavy atom. The zero-order chi connectivity index (χ0) is 14.5. The lowest BCUT2D eigenvalue weighted by Crippen LogP contribution is -2.51. The van der Waals surface area contributed by atoms with E-state index >= 15 is 0 Å². The molecule has 108 valence electrons. The number of nitrogens with zero attached hydrogens (tertiary/aromatic N) is 2. The number of rotatable bonds is 5. The minimum atomic E-state index is -0.287. The molecule has 0 bridgehead atoms. The quantitative estimate of drug-likeness (QED) is 0.771. The van der Waals surface area contributed by atoms with Gasteiger partial charge in [-0.25, -0.2) is 4.98 Å². The van der Waals surface area contributed by atoms with Gasteiger partial charge in [-0.1, -0.05) is 13.0 Å². The number of anilines is 1. The number of carbonyl (C=O) groups is 2. The van der Waals surface area contributed by atoms with Crippen molar-refractivity contribution in [3.63, 3.8) is 0 Å². The summed E-state index contributed by atoms with van der Waals surface area (Å²) in [6.45, 7) is 5.51. The summed E-state index contributed by atoms with van der Waals surface area (Å²) in [6, 6.07) is 4.07. The van der Waals surface area contributed by atoms with Gasteiger partial charge in [0.15, 0.2) is 0 Å². The molecule has 1 aliphatic heterocycles. The molecule has 2 amide bonds. The second kappa shape index (κ2) is 6.47. The van der Waals surface area contributed by atoms with Crippen LogP contribution in [-0.2, 0) is 9.59 Å². The Balaban J connectivity index is 2.04. The van der Waals surface area contributed by atoms with Crippen molar-refractivity contribution in [3.8, 4) is 0 Å². The fourth-order valence-electron chi connectivity index (χ4n) is 2.12. The van der Waals surface area contributed by atoms with Gasteiger partial charge in [0, 0.05) is 12.2 Å². The first kappa shape index (κ1) is 14.5. The van der Waals surface area contributed by atoms with E-state index in [2.05, 4.69) is 29.5 Å². The summed E-state index contributed by atoms with van der Waals surface area (Å²) in [4.78, 5) is 28.7. The molecule has 1 aromatic rings. The number of hydrogen-bond donors (Lipinski definition) is 2. The van der Waals surface area contributed by atoms with Crippen LogP contribution in [0.2, 0.25) is 0 Å². The van der Waals surface area contributed by atoms with Gasteiger partial charge in [-0.15, -0.1) is 0 Å². The summed E-state index contributed by atoms with van der Waals surface area (Å²) in [5, 5.41) is 5.66. The van der Waals surface area contributed by atoms with Crippen LogP contribution in [-0.4, -0.2) is 36.4 Å². The third-order valence-corrected chi connectivity index (χ3v) is 3.24. The van der Waals surface area contributed by atoms with Crippen molar-refractivity contribution in [2.75, 3.05) is 24.5 Å². The molecule has 1 aliphatic rings. The van der Waals surface area contributed by atoms with Crippen molar-refractivity contribution in [3.05, 3.63) is 23.9 Å². The Morgan fingerprint density at radius 3 is 2.60 bits per heavy atom. The lowest BCUT2D eigenvalue weighted by atomic mass is 10.1. The van der Waals surface area contributed by atoms with E-state index in [1.807, 2.05) is 12.1 Å². The van der Waals surface area contributed by atoms with E-state index < -0.39 is 0 Å². The van der Waals surface area contributed by atoms with Gasteiger partial charge in [-0.3, -0.25) is 14.9 Å². The van der Waals surface area contributed by atoms with Gasteiger partial charge in [0.05, 0.1) is 13.1 Å². The van der Waals surface area contributed by atoms with Crippen molar-refractivity contribution in [2.45, 2.75) is 26.3 Å². The average molecular weight is 276 g/mol. The van der Waals surface area contributed by atoms with Crippen molar-refractivity contribution < 1.29 is 9.59 Å². The van der Waals surface area contributed by atoms with Crippen LogP contribution in [0.25, 0.3) is 0 Å². The van der Waals surface area contributed by atoms with Crippen molar-refractivity contribution in [1.29, 1.82) is 0 Å². The summed E-state index contributed by atoms with van der Waals surface area (Å²) in [6.07, 6.45) is 2.88. The molecular weight excluding hydrogens is 256 g/mol. The first-order valence-electron chi connectivity index (χ1n) is 6.87. The Hall–Kier alpha value is -1.95. The van der Waals surface area contributed by atoms with Gasteiger partial charge in [0.1, 0.15) is 5.82 Å². The molecular formula is C14H20N4O2. The summed E-state index contributed by atoms with van der Waals surface area (Å²) >= 11 is 0. The van der Waals surface area contributed by atoms with E-state index in [1.165, 1.54) is 0 Å². The molecule has 6 heteroatoms. The van der Waals surface area contributed by atoms with Gasteiger partial charge in [0.2, 0.25) is 11.8 Å². The van der Waals surface area contributed by atoms with E-state index in [9.17, 15) is 9.59 Å². The highest BCUT2D eigenvalue weighted by atomic mass is 16.2. The Bertz CT molecular complexity index is 470. The Labute approximate surface area is 118 Å². The summed E-state index contributed by atoms with van der Waals surface area (Å²) in [7, 11) is 0. The van der Waals surface area contributed by atoms with E-state index in [-0.39, 0.29) is 30.9 Å². The van der Waals surface area contributed by atoms with Gasteiger partial charge in [-0.05, 0) is 31.5 Å². The number of imide groups is 1. The van der Waals surface area contributed by atoms with Crippen LogP contribution in [0.1, 0.15) is 31.9 Å². The first-order chi connectivity index (χ1) is 9.60. The molecule has 20 heavy (non-hydrogen) atoms. The third-order valence-electron chi connectivity index (χ3n) is 3.24. The second-order valence-electron chi connectivity index (χ2n) is 4.95. The molecule has 6 nitrogen and oxygen atoms in total. The molecule has 1 unspecified atom stereocenters. The van der Waals surface area contributed by atoms with Gasteiger partial charge in [-0.2, -0.15) is 0 Å². The van der Waals surface area contributed by atoms with Crippen LogP contribution in [0.3, 0.4) is 0 Å². The predicted molar refractivity (Wildman–Crippen MR) is 76.3 cm³/mol. The molecule has 0 radical (unpaired) electrons. The van der Waals surface area contributed by atoms with Crippen LogP contribution in [0.15, 0.2) is 18.3 Å². The molecule has 2 rings (SSSR count). The summed E-state index contributed by atoms with van der Waals surface area (Å²) in [5.74, 6) is 0.0786. The molecule has 1 atom stereocenters. The third kappa shape index (κ3) is 3.54. The molecule has 2 N–H and O–H groups in total. The minimum Gasteiger partial charge on any atom is -0.338 e. The molecule has 1 saturated heterocycles. The van der Waals surface area contributed by atoms with Gasteiger partial charge in [0.25, 0.3) is 0 Å². The normalized spacial score (nSPS) is 17.0. The number of nitrogens with one attached hydrogen (secondary N) is 2. The SMILES string of the molecule is CCCNC(C)c1ccc(N2CC(=O)NC(=O)C2)nc1. The van der Waals surface area contributed by atoms with Crippen molar-refractivity contribution in [2.24, 2.45) is 0 Å². The molecule has 1 fully saturated rings. The predicted octanol–water partition coefficient (Wildman–Crippen LogP) is 0.605. The molecule has 0 aromatic carbocycles. The summed E-state index contributed by atoms with van der Waals surface area (Å²) in [5.41, 5.74) is 1.09. The maximum atomic E-state index is 11.3. The van der Waals surface area contributed by atoms with Gasteiger partial charge >= 0.3 is 0 Å². The van der Waals surface area contributed by atoms with Crippen LogP contribution in [0, 0.1) is 0 Å². The van der Waals surface area contributed by atoms with E-state index in [4.69, 9.17) is 0 Å².